The zero-order chi connectivity index (χ0) is 15.0. The Kier molecular flexibility index (Phi) is 3.48. The fourth-order valence-electron chi connectivity index (χ4n) is 2.27. The highest BCUT2D eigenvalue weighted by Gasteiger charge is 2.26. The predicted octanol–water partition coefficient (Wildman–Crippen LogP) is 4.95. The Bertz CT molecular complexity index is 773. The number of nitrogens with zero attached hydrogens (tertiary/aromatic N) is 2. The molecule has 0 spiro atoms. The van der Waals surface area contributed by atoms with Gasteiger partial charge in [0.25, 0.3) is 0 Å². The number of nitriles is 1. The number of para-hydroxylation sites is 2. The van der Waals surface area contributed by atoms with Crippen molar-refractivity contribution in [3.63, 3.8) is 0 Å². The van der Waals surface area contributed by atoms with E-state index in [2.05, 4.69) is 18.2 Å². The van der Waals surface area contributed by atoms with E-state index in [0.717, 1.165) is 32.3 Å². The molecule has 0 aliphatic carbocycles. The molecule has 2 aromatic carbocycles. The minimum Gasteiger partial charge on any atom is -0.247 e. The van der Waals surface area contributed by atoms with E-state index in [1.807, 2.05) is 44.2 Å². The zero-order valence-electron chi connectivity index (χ0n) is 11.8. The average molecular weight is 309 g/mol. The molecular formula is C17H13N2S2. The molecule has 0 amide bonds. The van der Waals surface area contributed by atoms with Crippen LogP contribution in [0.3, 0.4) is 0 Å². The molecule has 1 aliphatic rings. The molecular weight excluding hydrogens is 296 g/mol. The maximum atomic E-state index is 9.17. The Labute approximate surface area is 134 Å². The molecule has 2 aromatic rings. The maximum absolute atomic E-state index is 9.17. The number of hydrogen-bond acceptors (Lipinski definition) is 3. The summed E-state index contributed by atoms with van der Waals surface area (Å²) in [5, 5.41) is 13.9. The van der Waals surface area contributed by atoms with E-state index in [4.69, 9.17) is 17.5 Å². The van der Waals surface area contributed by atoms with E-state index in [0.29, 0.717) is 0 Å². The number of hydrogen-bond donors (Lipinski definition) is 0. The number of thiocarbonyl (C=S) groups is 1. The molecule has 3 rings (SSSR count). The van der Waals surface area contributed by atoms with Gasteiger partial charge in [0.05, 0.1) is 21.6 Å². The van der Waals surface area contributed by atoms with Gasteiger partial charge in [-0.15, -0.1) is 0 Å². The van der Waals surface area contributed by atoms with E-state index >= 15 is 0 Å². The Morgan fingerprint density at radius 1 is 1.14 bits per heavy atom. The van der Waals surface area contributed by atoms with E-state index in [1.54, 1.807) is 0 Å². The lowest BCUT2D eigenvalue weighted by molar-refractivity contribution is 0.921. The Morgan fingerprint density at radius 2 is 1.86 bits per heavy atom. The highest BCUT2D eigenvalue weighted by molar-refractivity contribution is 8.24. The molecule has 1 radical (unpaired) electrons. The molecule has 4 heteroatoms. The van der Waals surface area contributed by atoms with Gasteiger partial charge in [0.2, 0.25) is 0 Å². The van der Waals surface area contributed by atoms with Crippen LogP contribution >= 0.6 is 24.0 Å². The first-order chi connectivity index (χ1) is 10.0. The molecule has 0 unspecified atom stereocenters. The summed E-state index contributed by atoms with van der Waals surface area (Å²) in [6, 6.07) is 16.4. The van der Waals surface area contributed by atoms with Crippen LogP contribution in [-0.2, 0) is 0 Å². The number of rotatable bonds is 2. The first-order valence-electron chi connectivity index (χ1n) is 6.60. The first kappa shape index (κ1) is 14.1. The summed E-state index contributed by atoms with van der Waals surface area (Å²) in [4.78, 5) is 0. The van der Waals surface area contributed by atoms with Gasteiger partial charge < -0.3 is 0 Å². The minimum absolute atomic E-state index is 0.536. The lowest BCUT2D eigenvalue weighted by Crippen LogP contribution is -2.14. The zero-order valence-corrected chi connectivity index (χ0v) is 13.4. The smallest absolute Gasteiger partial charge is 0.102 e. The summed E-state index contributed by atoms with van der Waals surface area (Å²) in [7, 11) is 0. The Hall–Kier alpha value is -1.83. The Balaban J connectivity index is 2.01. The van der Waals surface area contributed by atoms with Gasteiger partial charge in [0.15, 0.2) is 0 Å². The van der Waals surface area contributed by atoms with Gasteiger partial charge in [0.1, 0.15) is 4.75 Å². The van der Waals surface area contributed by atoms with Crippen molar-refractivity contribution in [3.05, 3.63) is 48.0 Å². The van der Waals surface area contributed by atoms with Crippen molar-refractivity contribution < 1.29 is 0 Å². The van der Waals surface area contributed by atoms with Crippen LogP contribution in [0.5, 0.6) is 0 Å². The molecule has 1 aliphatic heterocycles. The summed E-state index contributed by atoms with van der Waals surface area (Å²) in [6.45, 7) is 3.75. The third-order valence-corrected chi connectivity index (χ3v) is 4.78. The van der Waals surface area contributed by atoms with Gasteiger partial charge in [-0.3, -0.25) is 0 Å². The number of fused-ring (bicyclic) bond motifs is 3. The van der Waals surface area contributed by atoms with Crippen LogP contribution in [0, 0.1) is 11.3 Å². The molecule has 0 saturated carbocycles. The van der Waals surface area contributed by atoms with Crippen molar-refractivity contribution >= 4 is 39.6 Å². The summed E-state index contributed by atoms with van der Waals surface area (Å²) in [5.74, 6) is 0. The lowest BCUT2D eigenvalue weighted by Gasteiger charge is -2.16. The quantitative estimate of drug-likeness (QED) is 0.629. The van der Waals surface area contributed by atoms with Gasteiger partial charge in [0, 0.05) is 16.7 Å². The van der Waals surface area contributed by atoms with Crippen molar-refractivity contribution in [2.45, 2.75) is 18.6 Å². The molecule has 0 aromatic heterocycles. The highest BCUT2D eigenvalue weighted by atomic mass is 32.2. The summed E-state index contributed by atoms with van der Waals surface area (Å²) in [6.07, 6.45) is 0. The Morgan fingerprint density at radius 3 is 2.62 bits per heavy atom. The molecule has 0 fully saturated rings. The molecule has 0 atom stereocenters. The topological polar surface area (TPSA) is 37.9 Å². The SMILES string of the molecule is CC(C)(C#N)SC(=S)c1cccc2c1[N]c1ccccc1-2. The molecule has 0 saturated heterocycles. The molecule has 103 valence electrons. The normalized spacial score (nSPS) is 12.0. The fraction of sp³-hybridized carbons (Fsp3) is 0.176. The third kappa shape index (κ3) is 2.55. The summed E-state index contributed by atoms with van der Waals surface area (Å²) < 4.78 is 0.181. The number of thioether (sulfide) groups is 1. The van der Waals surface area contributed by atoms with Crippen LogP contribution in [0.1, 0.15) is 19.4 Å². The van der Waals surface area contributed by atoms with Crippen LogP contribution in [-0.4, -0.2) is 8.94 Å². The minimum atomic E-state index is -0.536. The van der Waals surface area contributed by atoms with Crippen molar-refractivity contribution in [2.24, 2.45) is 0 Å². The maximum Gasteiger partial charge on any atom is 0.102 e. The van der Waals surface area contributed by atoms with E-state index in [1.165, 1.54) is 11.8 Å². The summed E-state index contributed by atoms with van der Waals surface area (Å²) in [5.41, 5.74) is 5.09. The van der Waals surface area contributed by atoms with Crippen molar-refractivity contribution in [2.75, 3.05) is 0 Å². The standard InChI is InChI=1S/C17H13N2S2/c1-17(2,10-18)21-16(20)13-8-5-7-12-11-6-3-4-9-14(11)19-15(12)13/h3-9H,1-2H3. The van der Waals surface area contributed by atoms with Crippen LogP contribution < -0.4 is 5.32 Å². The van der Waals surface area contributed by atoms with Crippen molar-refractivity contribution in [1.29, 1.82) is 5.26 Å². The molecule has 1 heterocycles. The molecule has 21 heavy (non-hydrogen) atoms. The average Bonchev–Trinajstić information content (AvgIpc) is 2.85. The highest BCUT2D eigenvalue weighted by Crippen LogP contribution is 2.45. The van der Waals surface area contributed by atoms with Gasteiger partial charge in [-0.05, 0) is 19.9 Å². The fourth-order valence-corrected chi connectivity index (χ4v) is 3.85. The largest absolute Gasteiger partial charge is 0.247 e. The molecule has 2 nitrogen and oxygen atoms in total. The van der Waals surface area contributed by atoms with E-state index in [-0.39, 0.29) is 0 Å². The second-order valence-electron chi connectivity index (χ2n) is 5.34. The van der Waals surface area contributed by atoms with E-state index < -0.39 is 4.75 Å². The molecule has 0 bridgehead atoms. The monoisotopic (exact) mass is 309 g/mol. The van der Waals surface area contributed by atoms with Crippen molar-refractivity contribution in [1.82, 2.24) is 5.32 Å². The second-order valence-corrected chi connectivity index (χ2v) is 7.64. The first-order valence-corrected chi connectivity index (χ1v) is 7.83. The van der Waals surface area contributed by atoms with Crippen LogP contribution in [0.4, 0.5) is 11.4 Å². The van der Waals surface area contributed by atoms with Crippen LogP contribution in [0.15, 0.2) is 42.5 Å². The second kappa shape index (κ2) is 5.18. The van der Waals surface area contributed by atoms with Gasteiger partial charge in [-0.2, -0.15) is 5.26 Å². The third-order valence-electron chi connectivity index (χ3n) is 3.30. The van der Waals surface area contributed by atoms with Crippen molar-refractivity contribution in [3.8, 4) is 17.2 Å². The van der Waals surface area contributed by atoms with Gasteiger partial charge in [-0.1, -0.05) is 60.4 Å². The molecule has 0 N–H and O–H groups in total. The summed E-state index contributed by atoms with van der Waals surface area (Å²) >= 11 is 6.95. The predicted molar refractivity (Wildman–Crippen MR) is 92.3 cm³/mol. The van der Waals surface area contributed by atoms with Gasteiger partial charge >= 0.3 is 0 Å². The van der Waals surface area contributed by atoms with Crippen LogP contribution in [0.2, 0.25) is 0 Å². The lowest BCUT2D eigenvalue weighted by atomic mass is 10.0. The van der Waals surface area contributed by atoms with E-state index in [9.17, 15) is 5.26 Å². The van der Waals surface area contributed by atoms with Crippen LogP contribution in [0.25, 0.3) is 11.1 Å². The van der Waals surface area contributed by atoms with Gasteiger partial charge in [-0.25, -0.2) is 5.32 Å². The number of benzene rings is 2.